The van der Waals surface area contributed by atoms with Crippen molar-refractivity contribution in [3.63, 3.8) is 0 Å². The molecule has 0 amide bonds. The van der Waals surface area contributed by atoms with Crippen molar-refractivity contribution in [2.24, 2.45) is 0 Å². The molecule has 0 saturated carbocycles. The van der Waals surface area contributed by atoms with Gasteiger partial charge in [-0.2, -0.15) is 0 Å². The summed E-state index contributed by atoms with van der Waals surface area (Å²) < 4.78 is 13.8. The maximum absolute atomic E-state index is 13.8. The Kier molecular flexibility index (Phi) is 6.59. The van der Waals surface area contributed by atoms with Gasteiger partial charge in [-0.1, -0.05) is 56.7 Å². The molecule has 0 saturated heterocycles. The van der Waals surface area contributed by atoms with E-state index in [4.69, 9.17) is 0 Å². The Morgan fingerprint density at radius 2 is 1.26 bits per heavy atom. The van der Waals surface area contributed by atoms with Crippen molar-refractivity contribution in [3.8, 4) is 0 Å². The zero-order valence-corrected chi connectivity index (χ0v) is 18.1. The van der Waals surface area contributed by atoms with Gasteiger partial charge >= 0.3 is 0 Å². The van der Waals surface area contributed by atoms with Crippen molar-refractivity contribution < 1.29 is 14.2 Å². The maximum Gasteiger partial charge on any atom is 0.229 e. The first kappa shape index (κ1) is 21.3. The third kappa shape index (κ3) is 3.84. The van der Waals surface area contributed by atoms with Gasteiger partial charge in [-0.05, 0) is 55.9 Å². The minimum Gasteiger partial charge on any atom is -0.307 e. The molecule has 0 aromatic heterocycles. The molecule has 0 heterocycles. The SMILES string of the molecule is CCc1cccc(CC)c1C(=O)P(=O)(CC)C(=O)c1c(C)cc(C)cc1C. The zero-order chi connectivity index (χ0) is 20.4. The second-order valence-electron chi connectivity index (χ2n) is 7.10. The van der Waals surface area contributed by atoms with Crippen molar-refractivity contribution in [2.45, 2.75) is 54.4 Å². The summed E-state index contributed by atoms with van der Waals surface area (Å²) >= 11 is 0. The van der Waals surface area contributed by atoms with Crippen LogP contribution in [0.15, 0.2) is 30.3 Å². The molecule has 0 N–H and O–H groups in total. The molecule has 0 aliphatic heterocycles. The first-order chi connectivity index (χ1) is 12.7. The lowest BCUT2D eigenvalue weighted by Crippen LogP contribution is -2.17. The lowest BCUT2D eigenvalue weighted by atomic mass is 9.98. The van der Waals surface area contributed by atoms with Crippen LogP contribution in [0.2, 0.25) is 0 Å². The van der Waals surface area contributed by atoms with Crippen LogP contribution in [-0.2, 0) is 17.4 Å². The number of benzene rings is 2. The largest absolute Gasteiger partial charge is 0.307 e. The molecular weight excluding hydrogens is 355 g/mol. The summed E-state index contributed by atoms with van der Waals surface area (Å²) in [5.41, 5.74) is 4.26. The highest BCUT2D eigenvalue weighted by molar-refractivity contribution is 7.95. The van der Waals surface area contributed by atoms with Crippen LogP contribution < -0.4 is 0 Å². The van der Waals surface area contributed by atoms with E-state index in [1.54, 1.807) is 6.92 Å². The minimum absolute atomic E-state index is 0.0403. The molecule has 0 fully saturated rings. The molecule has 2 aromatic rings. The Hall–Kier alpha value is -1.99. The van der Waals surface area contributed by atoms with E-state index in [0.717, 1.165) is 27.8 Å². The standard InChI is InChI=1S/C23H29O3P/c1-7-18-11-10-12-19(8-2)21(18)23(25)27(26,9-3)22(24)20-16(5)13-15(4)14-17(20)6/h10-14H,7-9H2,1-6H3. The number of carbonyl (C=O) groups excluding carboxylic acids is 2. The minimum atomic E-state index is -3.75. The molecule has 0 radical (unpaired) electrons. The van der Waals surface area contributed by atoms with Gasteiger partial charge in [-0.3, -0.25) is 9.59 Å². The normalized spacial score (nSPS) is 13.3. The van der Waals surface area contributed by atoms with E-state index in [9.17, 15) is 14.2 Å². The molecule has 4 heteroatoms. The molecule has 0 spiro atoms. The summed E-state index contributed by atoms with van der Waals surface area (Å²) in [6.07, 6.45) is 1.36. The molecule has 0 bridgehead atoms. The zero-order valence-electron chi connectivity index (χ0n) is 17.2. The number of hydrogen-bond donors (Lipinski definition) is 0. The van der Waals surface area contributed by atoms with Crippen molar-refractivity contribution >= 4 is 18.2 Å². The van der Waals surface area contributed by atoms with Gasteiger partial charge in [-0.15, -0.1) is 0 Å². The average Bonchev–Trinajstić information content (AvgIpc) is 2.64. The van der Waals surface area contributed by atoms with Crippen LogP contribution in [0.3, 0.4) is 0 Å². The molecule has 0 aliphatic rings. The molecular formula is C23H29O3P. The van der Waals surface area contributed by atoms with E-state index in [2.05, 4.69) is 0 Å². The topological polar surface area (TPSA) is 51.2 Å². The highest BCUT2D eigenvalue weighted by atomic mass is 31.2. The lowest BCUT2D eigenvalue weighted by molar-refractivity contribution is 0.103. The van der Waals surface area contributed by atoms with E-state index in [-0.39, 0.29) is 6.16 Å². The van der Waals surface area contributed by atoms with Crippen LogP contribution in [0.25, 0.3) is 0 Å². The van der Waals surface area contributed by atoms with Crippen LogP contribution in [0, 0.1) is 20.8 Å². The van der Waals surface area contributed by atoms with Crippen molar-refractivity contribution in [1.29, 1.82) is 0 Å². The fraction of sp³-hybridized carbons (Fsp3) is 0.391. The molecule has 1 unspecified atom stereocenters. The Morgan fingerprint density at radius 1 is 0.815 bits per heavy atom. The predicted octanol–water partition coefficient (Wildman–Crippen LogP) is 6.10. The van der Waals surface area contributed by atoms with Crippen molar-refractivity contribution in [3.05, 3.63) is 69.3 Å². The van der Waals surface area contributed by atoms with Crippen LogP contribution in [0.5, 0.6) is 0 Å². The molecule has 1 atom stereocenters. The Morgan fingerprint density at radius 3 is 1.67 bits per heavy atom. The van der Waals surface area contributed by atoms with Crippen LogP contribution in [0.1, 0.15) is 69.3 Å². The third-order valence-corrected chi connectivity index (χ3v) is 7.86. The lowest BCUT2D eigenvalue weighted by Gasteiger charge is -2.20. The van der Waals surface area contributed by atoms with Gasteiger partial charge in [0.2, 0.25) is 18.2 Å². The van der Waals surface area contributed by atoms with Crippen LogP contribution in [-0.4, -0.2) is 17.2 Å². The van der Waals surface area contributed by atoms with Gasteiger partial charge in [-0.25, -0.2) is 0 Å². The Labute approximate surface area is 162 Å². The van der Waals surface area contributed by atoms with E-state index in [1.165, 1.54) is 0 Å². The first-order valence-electron chi connectivity index (χ1n) is 9.58. The summed E-state index contributed by atoms with van der Waals surface area (Å²) in [7, 11) is -3.75. The highest BCUT2D eigenvalue weighted by Crippen LogP contribution is 2.53. The summed E-state index contributed by atoms with van der Waals surface area (Å²) in [6.45, 7) is 11.3. The van der Waals surface area contributed by atoms with E-state index in [0.29, 0.717) is 24.0 Å². The maximum atomic E-state index is 13.8. The second-order valence-corrected chi connectivity index (χ2v) is 10.0. The predicted molar refractivity (Wildman–Crippen MR) is 113 cm³/mol. The van der Waals surface area contributed by atoms with E-state index in [1.807, 2.05) is 65.0 Å². The second kappa shape index (κ2) is 8.35. The quantitative estimate of drug-likeness (QED) is 0.542. The molecule has 2 rings (SSSR count). The van der Waals surface area contributed by atoms with Gasteiger partial charge in [0, 0.05) is 17.3 Å². The van der Waals surface area contributed by atoms with Crippen LogP contribution >= 0.6 is 7.14 Å². The fourth-order valence-electron chi connectivity index (χ4n) is 3.78. The summed E-state index contributed by atoms with van der Waals surface area (Å²) in [5.74, 6) is 0. The Balaban J connectivity index is 2.67. The summed E-state index contributed by atoms with van der Waals surface area (Å²) in [6, 6.07) is 9.50. The third-order valence-electron chi connectivity index (χ3n) is 5.21. The summed E-state index contributed by atoms with van der Waals surface area (Å²) in [5, 5.41) is 0. The van der Waals surface area contributed by atoms with Crippen LogP contribution in [0.4, 0.5) is 0 Å². The molecule has 144 valence electrons. The van der Waals surface area contributed by atoms with Crippen molar-refractivity contribution in [2.75, 3.05) is 6.16 Å². The monoisotopic (exact) mass is 384 g/mol. The van der Waals surface area contributed by atoms with E-state index >= 15 is 0 Å². The van der Waals surface area contributed by atoms with Crippen molar-refractivity contribution in [1.82, 2.24) is 0 Å². The number of rotatable bonds is 7. The van der Waals surface area contributed by atoms with Gasteiger partial charge in [0.05, 0.1) is 0 Å². The number of hydrogen-bond acceptors (Lipinski definition) is 3. The van der Waals surface area contributed by atoms with Gasteiger partial charge < -0.3 is 4.57 Å². The average molecular weight is 384 g/mol. The van der Waals surface area contributed by atoms with Gasteiger partial charge in [0.25, 0.3) is 0 Å². The Bertz CT molecular complexity index is 895. The number of aryl methyl sites for hydroxylation is 5. The molecule has 3 nitrogen and oxygen atoms in total. The molecule has 2 aromatic carbocycles. The highest BCUT2D eigenvalue weighted by Gasteiger charge is 2.41. The van der Waals surface area contributed by atoms with Gasteiger partial charge in [0.15, 0.2) is 0 Å². The van der Waals surface area contributed by atoms with Gasteiger partial charge in [0.1, 0.15) is 0 Å². The first-order valence-corrected chi connectivity index (χ1v) is 11.5. The summed E-state index contributed by atoms with van der Waals surface area (Å²) in [4.78, 5) is 26.9. The van der Waals surface area contributed by atoms with E-state index < -0.39 is 18.2 Å². The number of carbonyl (C=O) groups is 2. The molecule has 27 heavy (non-hydrogen) atoms. The smallest absolute Gasteiger partial charge is 0.229 e. The molecule has 0 aliphatic carbocycles. The fourth-order valence-corrected chi connectivity index (χ4v) is 5.90.